The van der Waals surface area contributed by atoms with Gasteiger partial charge >= 0.3 is 6.03 Å². The minimum absolute atomic E-state index is 0.0248. The minimum Gasteiger partial charge on any atom is -0.378 e. The second-order valence-corrected chi connectivity index (χ2v) is 12.1. The molecule has 2 atom stereocenters. The Balaban J connectivity index is 1.65. The summed E-state index contributed by atoms with van der Waals surface area (Å²) in [6.07, 6.45) is 1.56. The van der Waals surface area contributed by atoms with Gasteiger partial charge in [-0.15, -0.1) is 0 Å². The molecule has 1 saturated heterocycles. The molecule has 0 aromatic heterocycles. The van der Waals surface area contributed by atoms with Crippen LogP contribution in [0.25, 0.3) is 0 Å². The van der Waals surface area contributed by atoms with Crippen molar-refractivity contribution in [3.63, 3.8) is 0 Å². The van der Waals surface area contributed by atoms with E-state index in [2.05, 4.69) is 36.7 Å². The Morgan fingerprint density at radius 2 is 1.92 bits per heavy atom. The molecule has 0 aromatic rings. The number of amidine groups is 2. The number of hydrogen-bond donors (Lipinski definition) is 1. The van der Waals surface area contributed by atoms with E-state index in [1.807, 2.05) is 14.1 Å². The molecule has 2 amide bonds. The molecule has 0 saturated carbocycles. The molecule has 1 fully saturated rings. The normalized spacial score (nSPS) is 23.4. The lowest BCUT2D eigenvalue weighted by molar-refractivity contribution is 0.0661. The maximum Gasteiger partial charge on any atom is 0.319 e. The van der Waals surface area contributed by atoms with Gasteiger partial charge in [0, 0.05) is 88.1 Å². The van der Waals surface area contributed by atoms with Gasteiger partial charge in [-0.1, -0.05) is 13.8 Å². The minimum atomic E-state index is -0.714. The van der Waals surface area contributed by atoms with E-state index in [0.29, 0.717) is 44.0 Å². The van der Waals surface area contributed by atoms with E-state index in [1.54, 1.807) is 30.1 Å². The van der Waals surface area contributed by atoms with Gasteiger partial charge in [0.25, 0.3) is 0 Å². The summed E-state index contributed by atoms with van der Waals surface area (Å²) in [5.74, 6) is 3.19. The molecule has 0 spiro atoms. The second-order valence-electron chi connectivity index (χ2n) is 10.0. The van der Waals surface area contributed by atoms with E-state index in [9.17, 15) is 4.79 Å². The summed E-state index contributed by atoms with van der Waals surface area (Å²) in [4.78, 5) is 41.9. The summed E-state index contributed by atoms with van der Waals surface area (Å²) in [6.45, 7) is 9.27. The molecular weight excluding hydrogens is 589 g/mol. The number of carbonyl (C=O) groups excluding carboxylic acids is 1. The summed E-state index contributed by atoms with van der Waals surface area (Å²) in [5.41, 5.74) is 5.78. The van der Waals surface area contributed by atoms with Crippen molar-refractivity contribution in [2.75, 3.05) is 74.1 Å². The molecule has 4 rings (SSSR count). The number of halogens is 1. The highest BCUT2D eigenvalue weighted by Gasteiger charge is 2.45. The Labute approximate surface area is 229 Å². The molecule has 37 heavy (non-hydrogen) atoms. The molecule has 14 heteroatoms. The highest BCUT2D eigenvalue weighted by Crippen LogP contribution is 2.32. The van der Waals surface area contributed by atoms with Crippen LogP contribution in [0.1, 0.15) is 13.8 Å². The number of amides is 2. The van der Waals surface area contributed by atoms with Crippen LogP contribution < -0.4 is 5.73 Å². The number of guanidine groups is 2. The largest absolute Gasteiger partial charge is 0.378 e. The zero-order valence-corrected chi connectivity index (χ0v) is 24.7. The summed E-state index contributed by atoms with van der Waals surface area (Å²) in [6, 6.07) is -0.240. The standard InChI is InChI=1S/C23H38IN11O2/c1-15(2)14-35-20-17(27-22(35)32(5)7-8-33(6)23(36)31(3)4)19(34-9-11-37-12-10-34)28-18(29-20)16-13-26-21(25)30-24-16/h13,15,17,20H,7-12,14H2,1-6H3,(H2,25,26,30). The van der Waals surface area contributed by atoms with Gasteiger partial charge < -0.3 is 35.0 Å². The van der Waals surface area contributed by atoms with Crippen molar-refractivity contribution in [1.82, 2.24) is 24.5 Å². The molecule has 204 valence electrons. The number of rotatable bonds is 6. The lowest BCUT2D eigenvalue weighted by Gasteiger charge is -2.37. The van der Waals surface area contributed by atoms with Crippen LogP contribution in [0.2, 0.25) is 0 Å². The van der Waals surface area contributed by atoms with Crippen molar-refractivity contribution in [3.8, 4) is 0 Å². The van der Waals surface area contributed by atoms with Crippen LogP contribution in [-0.2, 0) is 4.74 Å². The van der Waals surface area contributed by atoms with E-state index < -0.39 is 21.0 Å². The topological polar surface area (TPSA) is 130 Å². The first kappa shape index (κ1) is 27.4. The number of carbonyl (C=O) groups is 1. The van der Waals surface area contributed by atoms with E-state index in [4.69, 9.17) is 25.4 Å². The Hall–Kier alpha value is -2.62. The molecule has 2 unspecified atom stereocenters. The lowest BCUT2D eigenvalue weighted by Crippen LogP contribution is -2.54. The van der Waals surface area contributed by atoms with Gasteiger partial charge in [0.05, 0.1) is 16.8 Å². The number of hydrogen-bond acceptors (Lipinski definition) is 11. The van der Waals surface area contributed by atoms with E-state index in [-0.39, 0.29) is 18.2 Å². The summed E-state index contributed by atoms with van der Waals surface area (Å²) in [5, 5.41) is 0. The fraction of sp³-hybridized carbons (Fsp3) is 0.696. The molecule has 13 nitrogen and oxygen atoms in total. The van der Waals surface area contributed by atoms with Crippen LogP contribution in [0.4, 0.5) is 4.79 Å². The van der Waals surface area contributed by atoms with Gasteiger partial charge in [-0.25, -0.2) is 24.8 Å². The Morgan fingerprint density at radius 3 is 2.54 bits per heavy atom. The van der Waals surface area contributed by atoms with Gasteiger partial charge in [0.15, 0.2) is 24.0 Å². The van der Waals surface area contributed by atoms with Crippen molar-refractivity contribution in [2.24, 2.45) is 34.8 Å². The maximum absolute atomic E-state index is 12.3. The average Bonchev–Trinajstić information content (AvgIpc) is 3.24. The smallest absolute Gasteiger partial charge is 0.319 e. The lowest BCUT2D eigenvalue weighted by atomic mass is 10.1. The predicted molar refractivity (Wildman–Crippen MR) is 154 cm³/mol. The van der Waals surface area contributed by atoms with Crippen LogP contribution in [-0.4, -0.2) is 140 Å². The average molecular weight is 628 g/mol. The van der Waals surface area contributed by atoms with Gasteiger partial charge in [0.1, 0.15) is 5.84 Å². The summed E-state index contributed by atoms with van der Waals surface area (Å²) in [7, 11) is 7.37. The fourth-order valence-corrected chi connectivity index (χ4v) is 5.84. The van der Waals surface area contributed by atoms with Crippen molar-refractivity contribution in [2.45, 2.75) is 26.1 Å². The summed E-state index contributed by atoms with van der Waals surface area (Å²) >= 11 is -0.714. The van der Waals surface area contributed by atoms with Crippen LogP contribution in [0.5, 0.6) is 0 Å². The van der Waals surface area contributed by atoms with Crippen LogP contribution in [0, 0.1) is 5.92 Å². The highest BCUT2D eigenvalue weighted by molar-refractivity contribution is 14.2. The van der Waals surface area contributed by atoms with Crippen LogP contribution >= 0.6 is 21.0 Å². The number of nitrogens with zero attached hydrogens (tertiary/aromatic N) is 10. The van der Waals surface area contributed by atoms with Gasteiger partial charge in [-0.05, 0) is 5.92 Å². The number of ether oxygens (including phenoxy) is 1. The van der Waals surface area contributed by atoms with Crippen LogP contribution in [0.3, 0.4) is 0 Å². The first-order chi connectivity index (χ1) is 17.7. The van der Waals surface area contributed by atoms with Gasteiger partial charge in [0.2, 0.25) is 5.96 Å². The number of aliphatic imine (C=N–C) groups is 4. The molecule has 4 heterocycles. The van der Waals surface area contributed by atoms with Gasteiger partial charge in [-0.2, -0.15) is 3.15 Å². The van der Waals surface area contributed by atoms with E-state index in [0.717, 1.165) is 35.0 Å². The third kappa shape index (κ3) is 6.27. The third-order valence-corrected chi connectivity index (χ3v) is 8.33. The van der Waals surface area contributed by atoms with E-state index >= 15 is 0 Å². The molecule has 0 aliphatic carbocycles. The molecule has 0 bridgehead atoms. The molecule has 4 aliphatic heterocycles. The molecule has 4 aliphatic rings. The maximum atomic E-state index is 12.3. The van der Waals surface area contributed by atoms with Gasteiger partial charge in [-0.3, -0.25) is 0 Å². The van der Waals surface area contributed by atoms with Crippen molar-refractivity contribution in [1.29, 1.82) is 0 Å². The zero-order chi connectivity index (χ0) is 26.7. The van der Waals surface area contributed by atoms with Crippen molar-refractivity contribution >= 4 is 50.7 Å². The SMILES string of the molecule is CC(C)CN1C(N(C)CCN(C)C(=O)N(C)C)=NC2C(N3CCOCC3)=NC(C3=CN=C(N)N=I3)=NC21. The van der Waals surface area contributed by atoms with Crippen LogP contribution in [0.15, 0.2) is 32.9 Å². The zero-order valence-electron chi connectivity index (χ0n) is 22.5. The molecule has 2 N–H and O–H groups in total. The molecule has 0 radical (unpaired) electrons. The molecular formula is C23H38IN11O2. The Bertz CT molecular complexity index is 1060. The van der Waals surface area contributed by atoms with E-state index in [1.165, 1.54) is 0 Å². The quantitative estimate of drug-likeness (QED) is 0.438. The Kier molecular flexibility index (Phi) is 8.77. The second kappa shape index (κ2) is 11.8. The summed E-state index contributed by atoms with van der Waals surface area (Å²) < 4.78 is 10.9. The third-order valence-electron chi connectivity index (χ3n) is 6.31. The number of morpholine rings is 1. The van der Waals surface area contributed by atoms with Crippen molar-refractivity contribution < 1.29 is 9.53 Å². The first-order valence-electron chi connectivity index (χ1n) is 12.5. The van der Waals surface area contributed by atoms with Crippen molar-refractivity contribution in [3.05, 3.63) is 9.78 Å². The molecule has 0 aromatic carbocycles. The predicted octanol–water partition coefficient (Wildman–Crippen LogP) is 1.02. The number of urea groups is 1. The number of fused-ring (bicyclic) bond motifs is 1. The first-order valence-corrected chi connectivity index (χ1v) is 14.6. The monoisotopic (exact) mass is 627 g/mol. The fourth-order valence-electron chi connectivity index (χ4n) is 4.47. The highest BCUT2D eigenvalue weighted by atomic mass is 127. The Morgan fingerprint density at radius 1 is 1.19 bits per heavy atom. The number of nitrogens with two attached hydrogens (primary N) is 1. The number of likely N-dealkylation sites (N-methyl/N-ethyl adjacent to an activating group) is 2.